The quantitative estimate of drug-likeness (QED) is 0.783. The number of hydrogen-bond acceptors (Lipinski definition) is 5. The Hall–Kier alpha value is -1.92. The molecule has 2 heterocycles. The van der Waals surface area contributed by atoms with E-state index in [9.17, 15) is 9.59 Å². The molecule has 1 saturated carbocycles. The molecule has 22 heavy (non-hydrogen) atoms. The SMILES string of the molecule is CCc1nnc(CN(CC)C(=O)[C@H]2CC(=O)N(C3CC3)C2)o1. The maximum Gasteiger partial charge on any atom is 0.235 e. The standard InChI is InChI=1S/C15H22N4O3/c1-3-12-16-17-13(22-12)9-18(4-2)15(21)10-7-14(20)19(8-10)11-5-6-11/h10-11H,3-9H2,1-2H3/t10-/m0/s1. The van der Waals surface area contributed by atoms with Crippen LogP contribution in [0.4, 0.5) is 0 Å². The molecule has 0 aromatic carbocycles. The predicted molar refractivity (Wildman–Crippen MR) is 77.6 cm³/mol. The van der Waals surface area contributed by atoms with Gasteiger partial charge in [0.05, 0.1) is 12.5 Å². The highest BCUT2D eigenvalue weighted by Crippen LogP contribution is 2.33. The Labute approximate surface area is 129 Å². The molecule has 1 aliphatic heterocycles. The molecule has 1 aromatic heterocycles. The van der Waals surface area contributed by atoms with E-state index in [2.05, 4.69) is 10.2 Å². The van der Waals surface area contributed by atoms with Gasteiger partial charge in [-0.15, -0.1) is 10.2 Å². The van der Waals surface area contributed by atoms with Gasteiger partial charge < -0.3 is 14.2 Å². The van der Waals surface area contributed by atoms with Crippen molar-refractivity contribution in [2.75, 3.05) is 13.1 Å². The van der Waals surface area contributed by atoms with E-state index in [4.69, 9.17) is 4.42 Å². The largest absolute Gasteiger partial charge is 0.423 e. The van der Waals surface area contributed by atoms with Crippen LogP contribution >= 0.6 is 0 Å². The van der Waals surface area contributed by atoms with Crippen LogP contribution in [0, 0.1) is 5.92 Å². The first-order valence-electron chi connectivity index (χ1n) is 8.01. The van der Waals surface area contributed by atoms with Gasteiger partial charge in [-0.25, -0.2) is 0 Å². The van der Waals surface area contributed by atoms with E-state index >= 15 is 0 Å². The summed E-state index contributed by atoms with van der Waals surface area (Å²) in [5, 5.41) is 7.88. The molecule has 1 aliphatic carbocycles. The van der Waals surface area contributed by atoms with Gasteiger partial charge in [0.1, 0.15) is 0 Å². The molecule has 0 radical (unpaired) electrons. The molecule has 1 saturated heterocycles. The van der Waals surface area contributed by atoms with E-state index in [1.165, 1.54) is 0 Å². The van der Waals surface area contributed by atoms with Crippen molar-refractivity contribution in [1.82, 2.24) is 20.0 Å². The lowest BCUT2D eigenvalue weighted by Crippen LogP contribution is -2.37. The van der Waals surface area contributed by atoms with Crippen molar-refractivity contribution >= 4 is 11.8 Å². The summed E-state index contributed by atoms with van der Waals surface area (Å²) in [5.41, 5.74) is 0. The average molecular weight is 306 g/mol. The molecule has 120 valence electrons. The van der Waals surface area contributed by atoms with Crippen molar-refractivity contribution in [2.45, 2.75) is 52.1 Å². The summed E-state index contributed by atoms with van der Waals surface area (Å²) >= 11 is 0. The number of hydrogen-bond donors (Lipinski definition) is 0. The third kappa shape index (κ3) is 2.98. The van der Waals surface area contributed by atoms with Gasteiger partial charge >= 0.3 is 0 Å². The summed E-state index contributed by atoms with van der Waals surface area (Å²) in [6.07, 6.45) is 3.16. The molecule has 1 aromatic rings. The van der Waals surface area contributed by atoms with Crippen molar-refractivity contribution in [3.8, 4) is 0 Å². The second kappa shape index (κ2) is 6.06. The Morgan fingerprint density at radius 1 is 1.32 bits per heavy atom. The van der Waals surface area contributed by atoms with Gasteiger partial charge in [0.15, 0.2) is 0 Å². The van der Waals surface area contributed by atoms with E-state index in [-0.39, 0.29) is 17.7 Å². The lowest BCUT2D eigenvalue weighted by atomic mass is 10.1. The van der Waals surface area contributed by atoms with Crippen LogP contribution in [-0.2, 0) is 22.6 Å². The normalized spacial score (nSPS) is 21.5. The molecule has 7 heteroatoms. The zero-order valence-corrected chi connectivity index (χ0v) is 13.1. The van der Waals surface area contributed by atoms with Gasteiger partial charge in [-0.1, -0.05) is 6.92 Å². The lowest BCUT2D eigenvalue weighted by molar-refractivity contribution is -0.136. The highest BCUT2D eigenvalue weighted by Gasteiger charge is 2.42. The van der Waals surface area contributed by atoms with Crippen LogP contribution in [0.5, 0.6) is 0 Å². The number of nitrogens with zero attached hydrogens (tertiary/aromatic N) is 4. The fraction of sp³-hybridized carbons (Fsp3) is 0.733. The lowest BCUT2D eigenvalue weighted by Gasteiger charge is -2.22. The molecule has 3 rings (SSSR count). The van der Waals surface area contributed by atoms with Gasteiger partial charge in [-0.2, -0.15) is 0 Å². The molecule has 2 fully saturated rings. The summed E-state index contributed by atoms with van der Waals surface area (Å²) in [7, 11) is 0. The van der Waals surface area contributed by atoms with E-state index in [0.29, 0.717) is 50.3 Å². The Morgan fingerprint density at radius 3 is 2.64 bits per heavy atom. The second-order valence-corrected chi connectivity index (χ2v) is 5.97. The van der Waals surface area contributed by atoms with Crippen LogP contribution in [0.2, 0.25) is 0 Å². The van der Waals surface area contributed by atoms with Gasteiger partial charge in [0.25, 0.3) is 0 Å². The van der Waals surface area contributed by atoms with Gasteiger partial charge in [-0.05, 0) is 19.8 Å². The highest BCUT2D eigenvalue weighted by atomic mass is 16.4. The summed E-state index contributed by atoms with van der Waals surface area (Å²) < 4.78 is 5.47. The number of aromatic nitrogens is 2. The maximum absolute atomic E-state index is 12.6. The van der Waals surface area contributed by atoms with E-state index in [1.54, 1.807) is 4.90 Å². The molecule has 0 N–H and O–H groups in total. The first kappa shape index (κ1) is 15.0. The molecule has 0 unspecified atom stereocenters. The van der Waals surface area contributed by atoms with Crippen LogP contribution in [-0.4, -0.2) is 50.9 Å². The van der Waals surface area contributed by atoms with Crippen LogP contribution in [0.3, 0.4) is 0 Å². The molecular formula is C15H22N4O3. The smallest absolute Gasteiger partial charge is 0.235 e. The summed E-state index contributed by atoms with van der Waals surface area (Å²) in [6.45, 7) is 5.30. The van der Waals surface area contributed by atoms with E-state index in [1.807, 2.05) is 18.7 Å². The number of rotatable bonds is 6. The Morgan fingerprint density at radius 2 is 2.05 bits per heavy atom. The number of likely N-dealkylation sites (tertiary alicyclic amines) is 1. The number of carbonyl (C=O) groups excluding carboxylic acids is 2. The third-order valence-corrected chi connectivity index (χ3v) is 4.33. The van der Waals surface area contributed by atoms with Gasteiger partial charge in [-0.3, -0.25) is 9.59 Å². The first-order chi connectivity index (χ1) is 10.6. The van der Waals surface area contributed by atoms with Crippen molar-refractivity contribution < 1.29 is 14.0 Å². The predicted octanol–water partition coefficient (Wildman–Crippen LogP) is 0.991. The summed E-state index contributed by atoms with van der Waals surface area (Å²) in [6, 6.07) is 0.378. The molecule has 7 nitrogen and oxygen atoms in total. The van der Waals surface area contributed by atoms with Crippen LogP contribution < -0.4 is 0 Å². The number of aryl methyl sites for hydroxylation is 1. The zero-order chi connectivity index (χ0) is 15.7. The molecule has 0 bridgehead atoms. The monoisotopic (exact) mass is 306 g/mol. The van der Waals surface area contributed by atoms with Crippen molar-refractivity contribution in [2.24, 2.45) is 5.92 Å². The fourth-order valence-electron chi connectivity index (χ4n) is 2.90. The van der Waals surface area contributed by atoms with Gasteiger partial charge in [0, 0.05) is 32.0 Å². The molecule has 2 aliphatic rings. The van der Waals surface area contributed by atoms with Crippen LogP contribution in [0.25, 0.3) is 0 Å². The molecule has 1 atom stereocenters. The Balaban J connectivity index is 1.62. The van der Waals surface area contributed by atoms with Crippen LogP contribution in [0.15, 0.2) is 4.42 Å². The number of carbonyl (C=O) groups is 2. The molecular weight excluding hydrogens is 284 g/mol. The zero-order valence-electron chi connectivity index (χ0n) is 13.1. The minimum Gasteiger partial charge on any atom is -0.423 e. The Kier molecular flexibility index (Phi) is 4.13. The fourth-order valence-corrected chi connectivity index (χ4v) is 2.90. The van der Waals surface area contributed by atoms with E-state index in [0.717, 1.165) is 12.8 Å². The third-order valence-electron chi connectivity index (χ3n) is 4.33. The molecule has 0 spiro atoms. The summed E-state index contributed by atoms with van der Waals surface area (Å²) in [4.78, 5) is 28.2. The second-order valence-electron chi connectivity index (χ2n) is 5.97. The summed E-state index contributed by atoms with van der Waals surface area (Å²) in [5.74, 6) is 0.921. The Bertz CT molecular complexity index is 567. The minimum atomic E-state index is -0.235. The average Bonchev–Trinajstić information content (AvgIpc) is 3.13. The van der Waals surface area contributed by atoms with Crippen molar-refractivity contribution in [1.29, 1.82) is 0 Å². The maximum atomic E-state index is 12.6. The number of amides is 2. The van der Waals surface area contributed by atoms with E-state index < -0.39 is 0 Å². The van der Waals surface area contributed by atoms with Crippen molar-refractivity contribution in [3.63, 3.8) is 0 Å². The minimum absolute atomic E-state index is 0.00949. The van der Waals surface area contributed by atoms with Crippen LogP contribution in [0.1, 0.15) is 44.9 Å². The topological polar surface area (TPSA) is 79.5 Å². The molecule has 2 amide bonds. The van der Waals surface area contributed by atoms with Crippen molar-refractivity contribution in [3.05, 3.63) is 11.8 Å². The van der Waals surface area contributed by atoms with Gasteiger partial charge in [0.2, 0.25) is 23.6 Å². The first-order valence-corrected chi connectivity index (χ1v) is 8.01. The highest BCUT2D eigenvalue weighted by molar-refractivity contribution is 5.89.